The minimum absolute atomic E-state index is 0.0188. The Bertz CT molecular complexity index is 775. The molecule has 1 N–H and O–H groups in total. The normalized spacial score (nSPS) is 26.5. The molecule has 0 spiro atoms. The molecule has 11 heteroatoms. The lowest BCUT2D eigenvalue weighted by molar-refractivity contribution is -0.340. The Morgan fingerprint density at radius 2 is 1.29 bits per heavy atom. The van der Waals surface area contributed by atoms with E-state index in [1.165, 1.54) is 13.8 Å². The number of ether oxygens (including phenoxy) is 5. The Labute approximate surface area is 198 Å². The van der Waals surface area contributed by atoms with Crippen LogP contribution in [0, 0.1) is 0 Å². The Hall–Kier alpha value is -2.95. The zero-order valence-corrected chi connectivity index (χ0v) is 20.2. The molecule has 0 aromatic rings. The molecule has 5 atom stereocenters. The standard InChI is InChI=1S/C23H34O11/c1-6-9-16(26)30-20-14(4)33-23(5,34-19(29)13-12-15(24)25)22(32-18(28)11-8-3)21(20)31-17(27)10-7-2/h12-14,20-22H,6-11H2,1-5H3,(H,24,25)/b13-12+/t14-,20+,21+,22-,23-/m0/s1. The summed E-state index contributed by atoms with van der Waals surface area (Å²) in [6, 6.07) is 0. The first-order valence-electron chi connectivity index (χ1n) is 11.4. The summed E-state index contributed by atoms with van der Waals surface area (Å²) in [7, 11) is 0. The maximum Gasteiger partial charge on any atom is 0.333 e. The van der Waals surface area contributed by atoms with Crippen LogP contribution >= 0.6 is 0 Å². The number of carboxylic acids is 1. The number of hydrogen-bond acceptors (Lipinski definition) is 10. The number of aliphatic carboxylic acids is 1. The van der Waals surface area contributed by atoms with E-state index >= 15 is 0 Å². The van der Waals surface area contributed by atoms with E-state index in [4.69, 9.17) is 28.8 Å². The third-order valence-corrected chi connectivity index (χ3v) is 4.84. The highest BCUT2D eigenvalue weighted by atomic mass is 16.8. The highest BCUT2D eigenvalue weighted by Crippen LogP contribution is 2.37. The Morgan fingerprint density at radius 3 is 1.76 bits per heavy atom. The Morgan fingerprint density at radius 1 is 0.824 bits per heavy atom. The minimum atomic E-state index is -1.98. The molecule has 0 bridgehead atoms. The van der Waals surface area contributed by atoms with Crippen molar-refractivity contribution in [3.8, 4) is 0 Å². The van der Waals surface area contributed by atoms with Crippen LogP contribution < -0.4 is 0 Å². The SMILES string of the molecule is CCCC(=O)O[C@@H]1[C@H](OC(=O)CCC)[C@H](C)O[C@@](C)(OC(=O)/C=C/C(=O)O)[C@H]1OC(=O)CCC. The van der Waals surface area contributed by atoms with E-state index in [1.54, 1.807) is 20.8 Å². The summed E-state index contributed by atoms with van der Waals surface area (Å²) in [5, 5.41) is 8.76. The van der Waals surface area contributed by atoms with Crippen LogP contribution in [0.1, 0.15) is 73.1 Å². The van der Waals surface area contributed by atoms with Crippen molar-refractivity contribution in [2.45, 2.75) is 103 Å². The van der Waals surface area contributed by atoms with E-state index in [0.717, 1.165) is 0 Å². The smallest absolute Gasteiger partial charge is 0.333 e. The van der Waals surface area contributed by atoms with E-state index < -0.39 is 60.0 Å². The van der Waals surface area contributed by atoms with Gasteiger partial charge in [-0.2, -0.15) is 0 Å². The summed E-state index contributed by atoms with van der Waals surface area (Å²) in [4.78, 5) is 60.1. The van der Waals surface area contributed by atoms with E-state index in [9.17, 15) is 24.0 Å². The topological polar surface area (TPSA) is 152 Å². The third kappa shape index (κ3) is 8.77. The zero-order chi connectivity index (χ0) is 25.9. The molecule has 1 saturated heterocycles. The zero-order valence-electron chi connectivity index (χ0n) is 20.2. The van der Waals surface area contributed by atoms with Crippen molar-refractivity contribution in [3.63, 3.8) is 0 Å². The van der Waals surface area contributed by atoms with Crippen molar-refractivity contribution in [3.05, 3.63) is 12.2 Å². The van der Waals surface area contributed by atoms with Gasteiger partial charge in [0.2, 0.25) is 6.10 Å². The summed E-state index contributed by atoms with van der Waals surface area (Å²) in [6.07, 6.45) is -2.08. The van der Waals surface area contributed by atoms with E-state index in [1.807, 2.05) is 0 Å². The van der Waals surface area contributed by atoms with Gasteiger partial charge < -0.3 is 28.8 Å². The average molecular weight is 487 g/mol. The number of rotatable bonds is 12. The minimum Gasteiger partial charge on any atom is -0.478 e. The summed E-state index contributed by atoms with van der Waals surface area (Å²) >= 11 is 0. The van der Waals surface area contributed by atoms with Gasteiger partial charge in [-0.3, -0.25) is 14.4 Å². The fourth-order valence-electron chi connectivity index (χ4n) is 3.40. The van der Waals surface area contributed by atoms with Crippen LogP contribution in [0.4, 0.5) is 0 Å². The van der Waals surface area contributed by atoms with Gasteiger partial charge >= 0.3 is 29.8 Å². The summed E-state index contributed by atoms with van der Waals surface area (Å²) in [5.74, 6) is -6.32. The molecular formula is C23H34O11. The van der Waals surface area contributed by atoms with Crippen molar-refractivity contribution >= 4 is 29.8 Å². The molecule has 0 aromatic heterocycles. The van der Waals surface area contributed by atoms with Crippen molar-refractivity contribution in [2.75, 3.05) is 0 Å². The lowest BCUT2D eigenvalue weighted by Crippen LogP contribution is -2.67. The predicted octanol–water partition coefficient (Wildman–Crippen LogP) is 2.44. The second-order valence-corrected chi connectivity index (χ2v) is 8.00. The van der Waals surface area contributed by atoms with Crippen molar-refractivity contribution < 1.29 is 52.8 Å². The fraction of sp³-hybridized carbons (Fsp3) is 0.696. The van der Waals surface area contributed by atoms with Crippen LogP contribution in [-0.4, -0.2) is 65.2 Å². The number of carbonyl (C=O) groups excluding carboxylic acids is 4. The molecule has 1 fully saturated rings. The first-order valence-corrected chi connectivity index (χ1v) is 11.4. The third-order valence-electron chi connectivity index (χ3n) is 4.84. The van der Waals surface area contributed by atoms with Gasteiger partial charge in [-0.15, -0.1) is 0 Å². The van der Waals surface area contributed by atoms with Gasteiger partial charge in [0.15, 0.2) is 12.2 Å². The first-order chi connectivity index (χ1) is 16.0. The number of carboxylic acid groups (broad SMARTS) is 1. The van der Waals surface area contributed by atoms with Crippen LogP contribution in [0.25, 0.3) is 0 Å². The van der Waals surface area contributed by atoms with Crippen LogP contribution in [0.5, 0.6) is 0 Å². The number of esters is 4. The van der Waals surface area contributed by atoms with Crippen LogP contribution in [-0.2, 0) is 47.7 Å². The maximum atomic E-state index is 12.4. The second kappa shape index (κ2) is 13.7. The number of hydrogen-bond donors (Lipinski definition) is 1. The summed E-state index contributed by atoms with van der Waals surface area (Å²) in [6.45, 7) is 8.13. The highest BCUT2D eigenvalue weighted by molar-refractivity contribution is 5.90. The van der Waals surface area contributed by atoms with Gasteiger partial charge in [-0.05, 0) is 26.2 Å². The van der Waals surface area contributed by atoms with Crippen molar-refractivity contribution in [2.24, 2.45) is 0 Å². The van der Waals surface area contributed by atoms with Crippen LogP contribution in [0.3, 0.4) is 0 Å². The van der Waals surface area contributed by atoms with Crippen molar-refractivity contribution in [1.29, 1.82) is 0 Å². The van der Waals surface area contributed by atoms with Crippen LogP contribution in [0.2, 0.25) is 0 Å². The second-order valence-electron chi connectivity index (χ2n) is 8.00. The molecule has 0 saturated carbocycles. The van der Waals surface area contributed by atoms with Gasteiger partial charge in [-0.25, -0.2) is 9.59 Å². The summed E-state index contributed by atoms with van der Waals surface area (Å²) in [5.41, 5.74) is 0. The molecule has 34 heavy (non-hydrogen) atoms. The largest absolute Gasteiger partial charge is 0.478 e. The summed E-state index contributed by atoms with van der Waals surface area (Å²) < 4.78 is 27.8. The maximum absolute atomic E-state index is 12.4. The van der Waals surface area contributed by atoms with E-state index in [0.29, 0.717) is 31.4 Å². The molecule has 1 aliphatic heterocycles. The molecule has 11 nitrogen and oxygen atoms in total. The molecule has 1 aliphatic rings. The molecule has 0 amide bonds. The highest BCUT2D eigenvalue weighted by Gasteiger charge is 2.59. The molecule has 0 unspecified atom stereocenters. The molecule has 0 radical (unpaired) electrons. The van der Waals surface area contributed by atoms with Gasteiger partial charge in [0, 0.05) is 38.3 Å². The number of carbonyl (C=O) groups is 5. The molecule has 0 aromatic carbocycles. The fourth-order valence-corrected chi connectivity index (χ4v) is 3.40. The first kappa shape index (κ1) is 29.1. The van der Waals surface area contributed by atoms with E-state index in [2.05, 4.69) is 0 Å². The van der Waals surface area contributed by atoms with Gasteiger partial charge in [0.25, 0.3) is 5.79 Å². The predicted molar refractivity (Wildman–Crippen MR) is 116 cm³/mol. The molecule has 192 valence electrons. The molecule has 1 heterocycles. The van der Waals surface area contributed by atoms with E-state index in [-0.39, 0.29) is 19.3 Å². The quantitative estimate of drug-likeness (QED) is 0.246. The molecule has 1 rings (SSSR count). The molecular weight excluding hydrogens is 452 g/mol. The monoisotopic (exact) mass is 486 g/mol. The Balaban J connectivity index is 3.42. The van der Waals surface area contributed by atoms with Gasteiger partial charge in [-0.1, -0.05) is 20.8 Å². The van der Waals surface area contributed by atoms with Gasteiger partial charge in [0.05, 0.1) is 0 Å². The van der Waals surface area contributed by atoms with Crippen LogP contribution in [0.15, 0.2) is 12.2 Å². The Kier molecular flexibility index (Phi) is 11.7. The lowest BCUT2D eigenvalue weighted by Gasteiger charge is -2.48. The van der Waals surface area contributed by atoms with Crippen molar-refractivity contribution in [1.82, 2.24) is 0 Å². The molecule has 0 aliphatic carbocycles. The van der Waals surface area contributed by atoms with Gasteiger partial charge in [0.1, 0.15) is 6.10 Å². The average Bonchev–Trinajstić information content (AvgIpc) is 2.72. The lowest BCUT2D eigenvalue weighted by atomic mass is 9.92.